The minimum atomic E-state index is -0.734. The molecule has 1 fully saturated rings. The second-order valence-electron chi connectivity index (χ2n) is 6.83. The van der Waals surface area contributed by atoms with Crippen LogP contribution in [0.2, 0.25) is 0 Å². The molecule has 0 radical (unpaired) electrons. The van der Waals surface area contributed by atoms with Gasteiger partial charge in [0.15, 0.2) is 0 Å². The Balaban J connectivity index is 1.45. The van der Waals surface area contributed by atoms with E-state index in [1.807, 2.05) is 4.90 Å². The monoisotopic (exact) mass is 374 g/mol. The molecule has 1 atom stereocenters. The topological polar surface area (TPSA) is 67.4 Å². The Bertz CT molecular complexity index is 862. The molecule has 27 heavy (non-hydrogen) atoms. The molecule has 1 N–H and O–H groups in total. The van der Waals surface area contributed by atoms with Gasteiger partial charge in [0.25, 0.3) is 5.91 Å². The summed E-state index contributed by atoms with van der Waals surface area (Å²) in [7, 11) is 0. The third-order valence-corrected chi connectivity index (χ3v) is 4.89. The molecule has 3 heterocycles. The zero-order chi connectivity index (χ0) is 18.8. The number of aromatic nitrogens is 2. The van der Waals surface area contributed by atoms with Gasteiger partial charge in [-0.1, -0.05) is 0 Å². The number of rotatable bonds is 3. The quantitative estimate of drug-likeness (QED) is 0.892. The summed E-state index contributed by atoms with van der Waals surface area (Å²) in [4.78, 5) is 23.4. The average Bonchev–Trinajstić information content (AvgIpc) is 2.69. The van der Waals surface area contributed by atoms with Crippen molar-refractivity contribution in [3.63, 3.8) is 0 Å². The summed E-state index contributed by atoms with van der Waals surface area (Å²) in [5.41, 5.74) is 1.73. The first-order valence-electron chi connectivity index (χ1n) is 9.03. The van der Waals surface area contributed by atoms with Crippen LogP contribution in [0.3, 0.4) is 0 Å². The number of hydrogen-bond acceptors (Lipinski definition) is 5. The summed E-state index contributed by atoms with van der Waals surface area (Å²) in [6, 6.07) is 2.69. The van der Waals surface area contributed by atoms with E-state index in [4.69, 9.17) is 4.74 Å². The van der Waals surface area contributed by atoms with Gasteiger partial charge in [0.1, 0.15) is 11.6 Å². The van der Waals surface area contributed by atoms with Crippen molar-refractivity contribution >= 4 is 11.9 Å². The van der Waals surface area contributed by atoms with Crippen LogP contribution in [0.15, 0.2) is 24.4 Å². The number of hydrogen-bond donors (Lipinski definition) is 1. The number of amides is 1. The minimum Gasteiger partial charge on any atom is -0.376 e. The highest BCUT2D eigenvalue weighted by Crippen LogP contribution is 2.21. The maximum Gasteiger partial charge on any atom is 0.254 e. The van der Waals surface area contributed by atoms with E-state index in [2.05, 4.69) is 15.3 Å². The molecule has 0 saturated carbocycles. The normalized spacial score (nSPS) is 19.5. The van der Waals surface area contributed by atoms with Crippen molar-refractivity contribution in [1.29, 1.82) is 0 Å². The van der Waals surface area contributed by atoms with Gasteiger partial charge in [-0.2, -0.15) is 0 Å². The summed E-state index contributed by atoms with van der Waals surface area (Å²) in [5, 5.41) is 2.80. The lowest BCUT2D eigenvalue weighted by Gasteiger charge is -2.33. The number of nitrogens with zero attached hydrogens (tertiary/aromatic N) is 3. The van der Waals surface area contributed by atoms with E-state index < -0.39 is 17.5 Å². The minimum absolute atomic E-state index is 0.183. The Labute approximate surface area is 155 Å². The smallest absolute Gasteiger partial charge is 0.254 e. The van der Waals surface area contributed by atoms with Crippen LogP contribution in [-0.2, 0) is 17.8 Å². The molecule has 1 aromatic carbocycles. The Morgan fingerprint density at radius 2 is 2.22 bits per heavy atom. The molecule has 142 valence electrons. The molecule has 6 nitrogen and oxygen atoms in total. The van der Waals surface area contributed by atoms with E-state index in [1.54, 1.807) is 6.20 Å². The number of halogens is 2. The van der Waals surface area contributed by atoms with Gasteiger partial charge in [0.2, 0.25) is 5.95 Å². The second-order valence-corrected chi connectivity index (χ2v) is 6.83. The Kier molecular flexibility index (Phi) is 4.98. The van der Waals surface area contributed by atoms with Gasteiger partial charge in [0, 0.05) is 37.3 Å². The van der Waals surface area contributed by atoms with Crippen molar-refractivity contribution in [3.8, 4) is 0 Å². The first-order chi connectivity index (χ1) is 13.1. The zero-order valence-corrected chi connectivity index (χ0v) is 14.8. The van der Waals surface area contributed by atoms with Crippen LogP contribution >= 0.6 is 0 Å². The van der Waals surface area contributed by atoms with Crippen LogP contribution in [0.4, 0.5) is 14.7 Å². The number of carbonyl (C=O) groups excluding carboxylic acids is 1. The predicted molar refractivity (Wildman–Crippen MR) is 94.5 cm³/mol. The zero-order valence-electron chi connectivity index (χ0n) is 14.8. The molecule has 1 amide bonds. The predicted octanol–water partition coefficient (Wildman–Crippen LogP) is 2.23. The van der Waals surface area contributed by atoms with Gasteiger partial charge in [-0.25, -0.2) is 18.7 Å². The summed E-state index contributed by atoms with van der Waals surface area (Å²) < 4.78 is 32.5. The highest BCUT2D eigenvalue weighted by Gasteiger charge is 2.25. The van der Waals surface area contributed by atoms with E-state index in [1.165, 1.54) is 0 Å². The largest absolute Gasteiger partial charge is 0.376 e. The molecule has 4 rings (SSSR count). The highest BCUT2D eigenvalue weighted by atomic mass is 19.1. The van der Waals surface area contributed by atoms with Gasteiger partial charge < -0.3 is 15.0 Å². The molecule has 2 aromatic rings. The van der Waals surface area contributed by atoms with Gasteiger partial charge >= 0.3 is 0 Å². The van der Waals surface area contributed by atoms with Crippen LogP contribution < -0.4 is 10.2 Å². The lowest BCUT2D eigenvalue weighted by atomic mass is 10.0. The first kappa shape index (κ1) is 17.8. The fourth-order valence-corrected chi connectivity index (χ4v) is 3.48. The SMILES string of the molecule is O=C(N[C@@H]1CCCN(c2ncc3c(n2)CCOC3)C1)c1cc(F)ccc1F. The van der Waals surface area contributed by atoms with Crippen LogP contribution in [0.5, 0.6) is 0 Å². The summed E-state index contributed by atoms with van der Waals surface area (Å²) >= 11 is 0. The third kappa shape index (κ3) is 3.90. The van der Waals surface area contributed by atoms with Crippen molar-refractivity contribution in [2.75, 3.05) is 24.6 Å². The second kappa shape index (κ2) is 7.56. The molecule has 0 aliphatic carbocycles. The molecular weight excluding hydrogens is 354 g/mol. The number of carbonyl (C=O) groups is 1. The van der Waals surface area contributed by atoms with Crippen molar-refractivity contribution < 1.29 is 18.3 Å². The standard InChI is InChI=1S/C19H20F2N4O2/c20-13-3-4-16(21)15(8-13)18(26)23-14-2-1-6-25(10-14)19-22-9-12-11-27-7-5-17(12)24-19/h3-4,8-9,14H,1-2,5-7,10-11H2,(H,23,26)/t14-/m1/s1. The van der Waals surface area contributed by atoms with Crippen molar-refractivity contribution in [1.82, 2.24) is 15.3 Å². The molecule has 0 spiro atoms. The highest BCUT2D eigenvalue weighted by molar-refractivity contribution is 5.94. The number of anilines is 1. The lowest BCUT2D eigenvalue weighted by Crippen LogP contribution is -2.48. The Hall–Kier alpha value is -2.61. The van der Waals surface area contributed by atoms with Crippen LogP contribution in [-0.4, -0.2) is 41.6 Å². The molecule has 8 heteroatoms. The van der Waals surface area contributed by atoms with E-state index in [0.717, 1.165) is 55.3 Å². The molecule has 1 saturated heterocycles. The molecule has 0 bridgehead atoms. The Morgan fingerprint density at radius 1 is 1.33 bits per heavy atom. The molecular formula is C19H20F2N4O2. The Morgan fingerprint density at radius 3 is 3.11 bits per heavy atom. The number of nitrogens with one attached hydrogen (secondary N) is 1. The fourth-order valence-electron chi connectivity index (χ4n) is 3.48. The number of fused-ring (bicyclic) bond motifs is 1. The molecule has 2 aliphatic heterocycles. The molecule has 1 aromatic heterocycles. The van der Waals surface area contributed by atoms with Crippen LogP contribution in [0, 0.1) is 11.6 Å². The van der Waals surface area contributed by atoms with Gasteiger partial charge in [-0.05, 0) is 31.0 Å². The molecule has 2 aliphatic rings. The van der Waals surface area contributed by atoms with Crippen LogP contribution in [0.25, 0.3) is 0 Å². The summed E-state index contributed by atoms with van der Waals surface area (Å²) in [6.45, 7) is 2.50. The van der Waals surface area contributed by atoms with Gasteiger partial charge in [-0.3, -0.25) is 4.79 Å². The number of piperidine rings is 1. The first-order valence-corrected chi connectivity index (χ1v) is 9.03. The average molecular weight is 374 g/mol. The maximum atomic E-state index is 13.8. The van der Waals surface area contributed by atoms with Gasteiger partial charge in [-0.15, -0.1) is 0 Å². The number of benzene rings is 1. The summed E-state index contributed by atoms with van der Waals surface area (Å²) in [5.74, 6) is -1.35. The van der Waals surface area contributed by atoms with E-state index in [-0.39, 0.29) is 11.6 Å². The fraction of sp³-hybridized carbons (Fsp3) is 0.421. The van der Waals surface area contributed by atoms with Gasteiger partial charge in [0.05, 0.1) is 24.5 Å². The lowest BCUT2D eigenvalue weighted by molar-refractivity contribution is 0.0928. The van der Waals surface area contributed by atoms with Crippen molar-refractivity contribution in [2.24, 2.45) is 0 Å². The van der Waals surface area contributed by atoms with E-state index >= 15 is 0 Å². The summed E-state index contributed by atoms with van der Waals surface area (Å²) in [6.07, 6.45) is 4.16. The number of ether oxygens (including phenoxy) is 1. The van der Waals surface area contributed by atoms with Crippen molar-refractivity contribution in [2.45, 2.75) is 31.9 Å². The third-order valence-electron chi connectivity index (χ3n) is 4.89. The van der Waals surface area contributed by atoms with Crippen LogP contribution in [0.1, 0.15) is 34.5 Å². The van der Waals surface area contributed by atoms with Crippen molar-refractivity contribution in [3.05, 3.63) is 52.9 Å². The molecule has 0 unspecified atom stereocenters. The van der Waals surface area contributed by atoms with E-state index in [0.29, 0.717) is 25.7 Å². The van der Waals surface area contributed by atoms with E-state index in [9.17, 15) is 13.6 Å². The maximum absolute atomic E-state index is 13.8.